The molecule has 18 heavy (non-hydrogen) atoms. The fraction of sp³-hybridized carbons (Fsp3) is 0.400. The van der Waals surface area contributed by atoms with Crippen LogP contribution in [0.25, 0.3) is 0 Å². The lowest BCUT2D eigenvalue weighted by molar-refractivity contribution is -0.402. The normalized spacial score (nSPS) is 9.89. The van der Waals surface area contributed by atoms with E-state index in [0.717, 1.165) is 11.0 Å². The number of ether oxygens (including phenoxy) is 1. The van der Waals surface area contributed by atoms with Gasteiger partial charge in [-0.15, -0.1) is 0 Å². The Morgan fingerprint density at radius 1 is 1.50 bits per heavy atom. The number of carbonyl (C=O) groups is 2. The van der Waals surface area contributed by atoms with E-state index in [9.17, 15) is 19.7 Å². The highest BCUT2D eigenvalue weighted by Gasteiger charge is 2.21. The van der Waals surface area contributed by atoms with Crippen LogP contribution in [0.4, 0.5) is 5.88 Å². The van der Waals surface area contributed by atoms with Crippen LogP contribution in [0.5, 0.6) is 0 Å². The number of likely N-dealkylation sites (N-methyl/N-ethyl adjacent to an activating group) is 1. The largest absolute Gasteiger partial charge is 0.465 e. The molecule has 0 unspecified atom stereocenters. The monoisotopic (exact) mass is 256 g/mol. The number of carbonyl (C=O) groups excluding carboxylic acids is 2. The van der Waals surface area contributed by atoms with Gasteiger partial charge in [-0.2, -0.15) is 0 Å². The van der Waals surface area contributed by atoms with Crippen molar-refractivity contribution in [2.24, 2.45) is 0 Å². The molecule has 0 saturated carbocycles. The number of rotatable bonds is 5. The lowest BCUT2D eigenvalue weighted by Gasteiger charge is -2.13. The highest BCUT2D eigenvalue weighted by molar-refractivity contribution is 5.93. The molecule has 0 aliphatic rings. The predicted octanol–water partition coefficient (Wildman–Crippen LogP) is 0.823. The molecule has 1 aromatic rings. The van der Waals surface area contributed by atoms with Crippen LogP contribution in [0.15, 0.2) is 16.5 Å². The van der Waals surface area contributed by atoms with Crippen LogP contribution >= 0.6 is 0 Å². The highest BCUT2D eigenvalue weighted by atomic mass is 16.6. The Morgan fingerprint density at radius 3 is 2.67 bits per heavy atom. The van der Waals surface area contributed by atoms with Crippen molar-refractivity contribution >= 4 is 17.8 Å². The molecule has 1 heterocycles. The van der Waals surface area contributed by atoms with Crippen molar-refractivity contribution in [3.63, 3.8) is 0 Å². The van der Waals surface area contributed by atoms with Gasteiger partial charge in [0.05, 0.1) is 12.7 Å². The summed E-state index contributed by atoms with van der Waals surface area (Å²) < 4.78 is 9.40. The predicted molar refractivity (Wildman–Crippen MR) is 59.0 cm³/mol. The Bertz CT molecular complexity index is 467. The number of amides is 1. The van der Waals surface area contributed by atoms with E-state index in [1.807, 2.05) is 0 Å². The Kier molecular flexibility index (Phi) is 4.41. The molecule has 0 aliphatic heterocycles. The molecule has 0 atom stereocenters. The lowest BCUT2D eigenvalue weighted by Crippen LogP contribution is -2.32. The molecule has 0 spiro atoms. The molecule has 1 aromatic heterocycles. The summed E-state index contributed by atoms with van der Waals surface area (Å²) in [6, 6.07) is 2.26. The molecule has 0 bridgehead atoms. The molecule has 0 fully saturated rings. The number of hydrogen-bond donors (Lipinski definition) is 0. The van der Waals surface area contributed by atoms with Crippen molar-refractivity contribution in [3.8, 4) is 0 Å². The van der Waals surface area contributed by atoms with Crippen LogP contribution < -0.4 is 0 Å². The quantitative estimate of drug-likeness (QED) is 0.439. The van der Waals surface area contributed by atoms with Crippen LogP contribution in [0.3, 0.4) is 0 Å². The number of hydrogen-bond acceptors (Lipinski definition) is 6. The van der Waals surface area contributed by atoms with Gasteiger partial charge in [0.1, 0.15) is 11.5 Å². The summed E-state index contributed by atoms with van der Waals surface area (Å²) in [7, 11) is 1.37. The van der Waals surface area contributed by atoms with Crippen molar-refractivity contribution in [2.75, 3.05) is 20.2 Å². The van der Waals surface area contributed by atoms with E-state index in [-0.39, 0.29) is 18.9 Å². The average molecular weight is 256 g/mol. The summed E-state index contributed by atoms with van der Waals surface area (Å²) in [4.78, 5) is 33.6. The molecule has 0 aliphatic carbocycles. The number of furan rings is 1. The third-order valence-corrected chi connectivity index (χ3v) is 2.00. The third kappa shape index (κ3) is 3.30. The van der Waals surface area contributed by atoms with Gasteiger partial charge in [0, 0.05) is 7.05 Å². The topological polar surface area (TPSA) is 103 Å². The van der Waals surface area contributed by atoms with Crippen molar-refractivity contribution in [2.45, 2.75) is 6.92 Å². The first-order chi connectivity index (χ1) is 8.45. The van der Waals surface area contributed by atoms with Crippen LogP contribution in [0.1, 0.15) is 17.5 Å². The SMILES string of the molecule is CCOC(=O)CN(C)C(=O)c1ccc([N+](=O)[O-])o1. The summed E-state index contributed by atoms with van der Waals surface area (Å²) >= 11 is 0. The van der Waals surface area contributed by atoms with Crippen LogP contribution in [0, 0.1) is 10.1 Å². The van der Waals surface area contributed by atoms with E-state index in [0.29, 0.717) is 0 Å². The van der Waals surface area contributed by atoms with Gasteiger partial charge in [-0.05, 0) is 13.0 Å². The first-order valence-electron chi connectivity index (χ1n) is 5.11. The first-order valence-corrected chi connectivity index (χ1v) is 5.11. The number of nitro groups is 1. The van der Waals surface area contributed by atoms with Gasteiger partial charge in [-0.3, -0.25) is 19.7 Å². The Balaban J connectivity index is 2.68. The lowest BCUT2D eigenvalue weighted by atomic mass is 10.4. The van der Waals surface area contributed by atoms with Gasteiger partial charge in [0.25, 0.3) is 5.91 Å². The molecular weight excluding hydrogens is 244 g/mol. The zero-order valence-electron chi connectivity index (χ0n) is 9.91. The fourth-order valence-corrected chi connectivity index (χ4v) is 1.20. The minimum absolute atomic E-state index is 0.200. The van der Waals surface area contributed by atoms with E-state index in [4.69, 9.17) is 4.42 Å². The molecule has 8 heteroatoms. The molecule has 98 valence electrons. The Hall–Kier alpha value is -2.38. The van der Waals surface area contributed by atoms with E-state index >= 15 is 0 Å². The molecule has 0 saturated heterocycles. The Morgan fingerprint density at radius 2 is 2.17 bits per heavy atom. The van der Waals surface area contributed by atoms with E-state index in [1.165, 1.54) is 13.1 Å². The van der Waals surface area contributed by atoms with E-state index in [1.54, 1.807) is 6.92 Å². The van der Waals surface area contributed by atoms with Gasteiger partial charge >= 0.3 is 11.9 Å². The second kappa shape index (κ2) is 5.80. The Labute approximate surface area is 102 Å². The maximum absolute atomic E-state index is 11.7. The van der Waals surface area contributed by atoms with Crippen molar-refractivity contribution < 1.29 is 23.7 Å². The molecule has 0 aromatic carbocycles. The highest BCUT2D eigenvalue weighted by Crippen LogP contribution is 2.16. The van der Waals surface area contributed by atoms with Gasteiger partial charge in [-0.25, -0.2) is 0 Å². The molecular formula is C10H12N2O6. The summed E-state index contributed by atoms with van der Waals surface area (Å²) in [5, 5.41) is 10.4. The maximum Gasteiger partial charge on any atom is 0.433 e. The summed E-state index contributed by atoms with van der Waals surface area (Å²) in [5.74, 6) is -1.91. The van der Waals surface area contributed by atoms with Gasteiger partial charge in [0.2, 0.25) is 0 Å². The van der Waals surface area contributed by atoms with Crippen LogP contribution in [0.2, 0.25) is 0 Å². The second-order valence-electron chi connectivity index (χ2n) is 3.36. The van der Waals surface area contributed by atoms with E-state index in [2.05, 4.69) is 4.74 Å². The van der Waals surface area contributed by atoms with E-state index < -0.39 is 22.7 Å². The zero-order valence-corrected chi connectivity index (χ0v) is 9.91. The summed E-state index contributed by atoms with van der Waals surface area (Å²) in [5.41, 5.74) is 0. The minimum atomic E-state index is -0.748. The standard InChI is InChI=1S/C10H12N2O6/c1-3-17-9(13)6-11(2)10(14)7-4-5-8(18-7)12(15)16/h4-5H,3,6H2,1-2H3. The molecule has 1 amide bonds. The van der Waals surface area contributed by atoms with Gasteiger partial charge in [-0.1, -0.05) is 0 Å². The zero-order chi connectivity index (χ0) is 13.7. The summed E-state index contributed by atoms with van der Waals surface area (Å²) in [6.45, 7) is 1.61. The van der Waals surface area contributed by atoms with Crippen molar-refractivity contribution in [3.05, 3.63) is 28.0 Å². The number of esters is 1. The third-order valence-electron chi connectivity index (χ3n) is 2.00. The van der Waals surface area contributed by atoms with Gasteiger partial charge in [0.15, 0.2) is 5.76 Å². The van der Waals surface area contributed by atoms with Gasteiger partial charge < -0.3 is 14.1 Å². The summed E-state index contributed by atoms with van der Waals surface area (Å²) in [6.07, 6.45) is 0. The molecule has 0 N–H and O–H groups in total. The maximum atomic E-state index is 11.7. The van der Waals surface area contributed by atoms with Crippen LogP contribution in [-0.2, 0) is 9.53 Å². The van der Waals surface area contributed by atoms with Crippen molar-refractivity contribution in [1.29, 1.82) is 0 Å². The molecule has 0 radical (unpaired) electrons. The fourth-order valence-electron chi connectivity index (χ4n) is 1.20. The number of nitrogens with zero attached hydrogens (tertiary/aromatic N) is 2. The van der Waals surface area contributed by atoms with Crippen LogP contribution in [-0.4, -0.2) is 41.9 Å². The first kappa shape index (κ1) is 13.7. The average Bonchev–Trinajstić information content (AvgIpc) is 2.77. The molecule has 1 rings (SSSR count). The smallest absolute Gasteiger partial charge is 0.433 e. The van der Waals surface area contributed by atoms with Crippen molar-refractivity contribution in [1.82, 2.24) is 4.90 Å². The minimum Gasteiger partial charge on any atom is -0.465 e. The molecule has 8 nitrogen and oxygen atoms in total. The second-order valence-corrected chi connectivity index (χ2v) is 3.36.